The van der Waals surface area contributed by atoms with Crippen LogP contribution in [0.15, 0.2) is 30.3 Å². The van der Waals surface area contributed by atoms with E-state index in [1.807, 2.05) is 37.3 Å². The Balaban J connectivity index is 2.64. The minimum absolute atomic E-state index is 0.0800. The maximum Gasteiger partial charge on any atom is 0.401 e. The van der Waals surface area contributed by atoms with Crippen LogP contribution in [-0.2, 0) is 0 Å². The minimum atomic E-state index is -4.15. The smallest absolute Gasteiger partial charge is 0.309 e. The fraction of sp³-hybridized carbons (Fsp3) is 0.538. The predicted molar refractivity (Wildman–Crippen MR) is 66.4 cm³/mol. The Bertz CT molecular complexity index is 338. The van der Waals surface area contributed by atoms with E-state index in [0.29, 0.717) is 6.54 Å². The highest BCUT2D eigenvalue weighted by Gasteiger charge is 2.30. The zero-order chi connectivity index (χ0) is 13.6. The third-order valence-electron chi connectivity index (χ3n) is 2.60. The van der Waals surface area contributed by atoms with Gasteiger partial charge in [-0.1, -0.05) is 37.3 Å². The number of benzene rings is 1. The summed E-state index contributed by atoms with van der Waals surface area (Å²) in [6.07, 6.45) is -4.15. The Morgan fingerprint density at radius 1 is 1.22 bits per heavy atom. The summed E-state index contributed by atoms with van der Waals surface area (Å²) in [4.78, 5) is 1.29. The van der Waals surface area contributed by atoms with E-state index in [0.717, 1.165) is 12.1 Å². The topological polar surface area (TPSA) is 15.3 Å². The van der Waals surface area contributed by atoms with Crippen molar-refractivity contribution >= 4 is 0 Å². The Labute approximate surface area is 106 Å². The zero-order valence-corrected chi connectivity index (χ0v) is 10.7. The molecule has 0 amide bonds. The summed E-state index contributed by atoms with van der Waals surface area (Å²) in [5, 5.41) is 3.21. The highest BCUT2D eigenvalue weighted by atomic mass is 19.4. The first-order valence-corrected chi connectivity index (χ1v) is 5.96. The molecule has 2 nitrogen and oxygen atoms in total. The first-order valence-electron chi connectivity index (χ1n) is 5.96. The lowest BCUT2D eigenvalue weighted by molar-refractivity contribution is -0.143. The molecule has 0 aliphatic rings. The van der Waals surface area contributed by atoms with Gasteiger partial charge in [0.2, 0.25) is 0 Å². The van der Waals surface area contributed by atoms with Gasteiger partial charge >= 0.3 is 6.18 Å². The summed E-state index contributed by atoms with van der Waals surface area (Å²) < 4.78 is 36.8. The van der Waals surface area contributed by atoms with Crippen molar-refractivity contribution < 1.29 is 13.2 Å². The molecule has 0 heterocycles. The van der Waals surface area contributed by atoms with Crippen LogP contribution in [0, 0.1) is 0 Å². The quantitative estimate of drug-likeness (QED) is 0.846. The van der Waals surface area contributed by atoms with Gasteiger partial charge in [0.25, 0.3) is 0 Å². The van der Waals surface area contributed by atoms with Crippen LogP contribution in [0.1, 0.15) is 18.5 Å². The minimum Gasteiger partial charge on any atom is -0.309 e. The number of alkyl halides is 3. The average Bonchev–Trinajstić information content (AvgIpc) is 2.27. The van der Waals surface area contributed by atoms with Gasteiger partial charge in [0, 0.05) is 12.6 Å². The SMILES string of the molecule is CCNC(CN(C)CC(F)(F)F)c1ccccc1. The molecule has 0 aromatic heterocycles. The molecule has 0 aliphatic heterocycles. The lowest BCUT2D eigenvalue weighted by atomic mass is 10.1. The summed E-state index contributed by atoms with van der Waals surface area (Å²) in [5.41, 5.74) is 1.01. The van der Waals surface area contributed by atoms with Crippen LogP contribution in [0.2, 0.25) is 0 Å². The number of likely N-dealkylation sites (N-methyl/N-ethyl adjacent to an activating group) is 2. The normalized spacial score (nSPS) is 13.9. The molecule has 1 aromatic carbocycles. The zero-order valence-electron chi connectivity index (χ0n) is 10.7. The van der Waals surface area contributed by atoms with Crippen LogP contribution >= 0.6 is 0 Å². The predicted octanol–water partition coefficient (Wildman–Crippen LogP) is 2.83. The van der Waals surface area contributed by atoms with Gasteiger partial charge in [-0.25, -0.2) is 0 Å². The molecule has 0 fully saturated rings. The Morgan fingerprint density at radius 2 is 1.83 bits per heavy atom. The number of nitrogens with zero attached hydrogens (tertiary/aromatic N) is 1. The van der Waals surface area contributed by atoms with Gasteiger partial charge in [0.15, 0.2) is 0 Å². The second kappa shape index (κ2) is 6.75. The van der Waals surface area contributed by atoms with Gasteiger partial charge in [0.05, 0.1) is 6.54 Å². The lowest BCUT2D eigenvalue weighted by Crippen LogP contribution is -2.38. The van der Waals surface area contributed by atoms with Crippen LogP contribution < -0.4 is 5.32 Å². The molecule has 1 aromatic rings. The van der Waals surface area contributed by atoms with Crippen molar-refractivity contribution in [2.75, 3.05) is 26.7 Å². The van der Waals surface area contributed by atoms with Gasteiger partial charge in [-0.05, 0) is 19.2 Å². The second-order valence-electron chi connectivity index (χ2n) is 4.33. The van der Waals surface area contributed by atoms with Crippen molar-refractivity contribution in [2.24, 2.45) is 0 Å². The molecule has 0 spiro atoms. The van der Waals surface area contributed by atoms with Gasteiger partial charge in [0.1, 0.15) is 0 Å². The van der Waals surface area contributed by atoms with Gasteiger partial charge in [-0.15, -0.1) is 0 Å². The van der Waals surface area contributed by atoms with Crippen molar-refractivity contribution in [1.82, 2.24) is 10.2 Å². The summed E-state index contributed by atoms with van der Waals surface area (Å²) in [6.45, 7) is 2.11. The van der Waals surface area contributed by atoms with E-state index in [2.05, 4.69) is 5.32 Å². The number of nitrogens with one attached hydrogen (secondary N) is 1. The fourth-order valence-corrected chi connectivity index (χ4v) is 1.90. The first-order chi connectivity index (χ1) is 8.42. The molecule has 0 aliphatic carbocycles. The number of halogens is 3. The molecule has 0 radical (unpaired) electrons. The maximum atomic E-state index is 12.3. The monoisotopic (exact) mass is 260 g/mol. The average molecular weight is 260 g/mol. The number of rotatable bonds is 6. The molecule has 0 saturated carbocycles. The fourth-order valence-electron chi connectivity index (χ4n) is 1.90. The third-order valence-corrected chi connectivity index (χ3v) is 2.60. The third kappa shape index (κ3) is 5.51. The van der Waals surface area contributed by atoms with Crippen molar-refractivity contribution in [3.8, 4) is 0 Å². The van der Waals surface area contributed by atoms with E-state index < -0.39 is 12.7 Å². The molecule has 0 bridgehead atoms. The molecule has 1 unspecified atom stereocenters. The van der Waals surface area contributed by atoms with E-state index in [4.69, 9.17) is 0 Å². The second-order valence-corrected chi connectivity index (χ2v) is 4.33. The highest BCUT2D eigenvalue weighted by Crippen LogP contribution is 2.18. The molecule has 102 valence electrons. The maximum absolute atomic E-state index is 12.3. The standard InChI is InChI=1S/C13H19F3N2/c1-3-17-12(11-7-5-4-6-8-11)9-18(2)10-13(14,15)16/h4-8,12,17H,3,9-10H2,1-2H3. The van der Waals surface area contributed by atoms with Crippen LogP contribution in [0.25, 0.3) is 0 Å². The molecule has 0 saturated heterocycles. The van der Waals surface area contributed by atoms with Crippen LogP contribution in [-0.4, -0.2) is 37.8 Å². The number of hydrogen-bond donors (Lipinski definition) is 1. The van der Waals surface area contributed by atoms with Crippen LogP contribution in [0.4, 0.5) is 13.2 Å². The van der Waals surface area contributed by atoms with Gasteiger partial charge in [-0.3, -0.25) is 4.90 Å². The van der Waals surface area contributed by atoms with Crippen LogP contribution in [0.5, 0.6) is 0 Å². The summed E-state index contributed by atoms with van der Waals surface area (Å²) in [7, 11) is 1.49. The van der Waals surface area contributed by atoms with Crippen molar-refractivity contribution in [3.05, 3.63) is 35.9 Å². The Hall–Kier alpha value is -1.07. The molecular formula is C13H19F3N2. The Kier molecular flexibility index (Phi) is 5.62. The van der Waals surface area contributed by atoms with E-state index in [9.17, 15) is 13.2 Å². The first kappa shape index (κ1) is 15.0. The van der Waals surface area contributed by atoms with Crippen molar-refractivity contribution in [1.29, 1.82) is 0 Å². The Morgan fingerprint density at radius 3 is 2.33 bits per heavy atom. The molecule has 18 heavy (non-hydrogen) atoms. The molecule has 1 atom stereocenters. The molecule has 5 heteroatoms. The van der Waals surface area contributed by atoms with E-state index in [-0.39, 0.29) is 6.04 Å². The van der Waals surface area contributed by atoms with E-state index in [1.165, 1.54) is 11.9 Å². The molecule has 1 N–H and O–H groups in total. The van der Waals surface area contributed by atoms with Crippen molar-refractivity contribution in [2.45, 2.75) is 19.1 Å². The van der Waals surface area contributed by atoms with Crippen LogP contribution in [0.3, 0.4) is 0 Å². The number of hydrogen-bond acceptors (Lipinski definition) is 2. The lowest BCUT2D eigenvalue weighted by Gasteiger charge is -2.25. The summed E-state index contributed by atoms with van der Waals surface area (Å²) in [5.74, 6) is 0. The molecule has 1 rings (SSSR count). The highest BCUT2D eigenvalue weighted by molar-refractivity contribution is 5.19. The van der Waals surface area contributed by atoms with E-state index in [1.54, 1.807) is 0 Å². The van der Waals surface area contributed by atoms with E-state index >= 15 is 0 Å². The summed E-state index contributed by atoms with van der Waals surface area (Å²) >= 11 is 0. The van der Waals surface area contributed by atoms with Gasteiger partial charge in [-0.2, -0.15) is 13.2 Å². The van der Waals surface area contributed by atoms with Gasteiger partial charge < -0.3 is 5.32 Å². The largest absolute Gasteiger partial charge is 0.401 e. The molecular weight excluding hydrogens is 241 g/mol. The summed E-state index contributed by atoms with van der Waals surface area (Å²) in [6, 6.07) is 9.45. The van der Waals surface area contributed by atoms with Crippen molar-refractivity contribution in [3.63, 3.8) is 0 Å².